The predicted molar refractivity (Wildman–Crippen MR) is 107 cm³/mol. The Hall–Kier alpha value is -3.14. The molecule has 3 rings (SSSR count). The van der Waals surface area contributed by atoms with Crippen LogP contribution in [0.15, 0.2) is 79.1 Å². The van der Waals surface area contributed by atoms with Gasteiger partial charge in [0.15, 0.2) is 11.9 Å². The quantitative estimate of drug-likeness (QED) is 0.336. The summed E-state index contributed by atoms with van der Waals surface area (Å²) < 4.78 is 8.32. The summed E-state index contributed by atoms with van der Waals surface area (Å²) in [5.74, 6) is 1.48. The Labute approximate surface area is 160 Å². The van der Waals surface area contributed by atoms with Crippen LogP contribution < -0.4 is 0 Å². The van der Waals surface area contributed by atoms with Gasteiger partial charge in [-0.3, -0.25) is 4.79 Å². The maximum atomic E-state index is 12.8. The molecule has 0 amide bonds. The number of hydrogen-bond acceptors (Lipinski definition) is 3. The summed E-state index contributed by atoms with van der Waals surface area (Å²) in [7, 11) is 1.95. The van der Waals surface area contributed by atoms with Gasteiger partial charge in [-0.2, -0.15) is 0 Å². The number of benzene rings is 2. The number of aromatic nitrogens is 2. The summed E-state index contributed by atoms with van der Waals surface area (Å²) in [6, 6.07) is 18.9. The molecular weight excluding hydrogens is 336 g/mol. The third-order valence-corrected chi connectivity index (χ3v) is 4.35. The maximum Gasteiger partial charge on any atom is 0.189 e. The molecule has 1 heterocycles. The molecule has 0 saturated carbocycles. The van der Waals surface area contributed by atoms with Gasteiger partial charge in [0.1, 0.15) is 11.6 Å². The van der Waals surface area contributed by atoms with Gasteiger partial charge in [-0.25, -0.2) is 4.98 Å². The number of carbonyl (C=O) groups is 1. The third kappa shape index (κ3) is 4.53. The van der Waals surface area contributed by atoms with Crippen LogP contribution in [0.25, 0.3) is 5.76 Å². The van der Waals surface area contributed by atoms with Gasteiger partial charge in [0.25, 0.3) is 0 Å². The first-order valence-corrected chi connectivity index (χ1v) is 9.06. The van der Waals surface area contributed by atoms with E-state index in [2.05, 4.69) is 18.8 Å². The predicted octanol–water partition coefficient (Wildman–Crippen LogP) is 5.06. The summed E-state index contributed by atoms with van der Waals surface area (Å²) in [6.45, 7) is 4.17. The van der Waals surface area contributed by atoms with Crippen molar-refractivity contribution in [3.8, 4) is 0 Å². The Morgan fingerprint density at radius 1 is 1.00 bits per heavy atom. The van der Waals surface area contributed by atoms with E-state index in [1.54, 1.807) is 24.4 Å². The highest BCUT2D eigenvalue weighted by molar-refractivity contribution is 6.07. The molecular formula is C23H24N2O2. The lowest BCUT2D eigenvalue weighted by molar-refractivity contribution is 0.100. The Kier molecular flexibility index (Phi) is 5.87. The summed E-state index contributed by atoms with van der Waals surface area (Å²) >= 11 is 0. The standard InChI is InChI=1S/C23H24N2O2/c1-17(2)22(23-24-14-15-25(23)3)27-21(19-12-8-5-9-13-19)16-20(26)18-10-6-4-7-11-18/h4-17,22H,1-3H3. The van der Waals surface area contributed by atoms with Crippen molar-refractivity contribution in [3.05, 3.63) is 96.1 Å². The van der Waals surface area contributed by atoms with Crippen LogP contribution in [0.1, 0.15) is 41.7 Å². The lowest BCUT2D eigenvalue weighted by Crippen LogP contribution is -2.16. The second-order valence-electron chi connectivity index (χ2n) is 6.78. The van der Waals surface area contributed by atoms with Gasteiger partial charge in [0.05, 0.1) is 0 Å². The fourth-order valence-electron chi connectivity index (χ4n) is 2.87. The first-order chi connectivity index (χ1) is 13.1. The minimum atomic E-state index is -0.264. The number of aryl methyl sites for hydroxylation is 1. The molecule has 0 aliphatic carbocycles. The van der Waals surface area contributed by atoms with Crippen LogP contribution in [0, 0.1) is 5.92 Å². The first kappa shape index (κ1) is 18.6. The zero-order chi connectivity index (χ0) is 19.2. The highest BCUT2D eigenvalue weighted by Gasteiger charge is 2.24. The van der Waals surface area contributed by atoms with Crippen molar-refractivity contribution in [2.45, 2.75) is 20.0 Å². The molecule has 1 unspecified atom stereocenters. The molecule has 0 aliphatic heterocycles. The minimum Gasteiger partial charge on any atom is -0.481 e. The van der Waals surface area contributed by atoms with Crippen molar-refractivity contribution < 1.29 is 9.53 Å². The molecule has 0 fully saturated rings. The third-order valence-electron chi connectivity index (χ3n) is 4.35. The fourth-order valence-corrected chi connectivity index (χ4v) is 2.87. The lowest BCUT2D eigenvalue weighted by Gasteiger charge is -2.24. The van der Waals surface area contributed by atoms with E-state index in [1.807, 2.05) is 66.3 Å². The van der Waals surface area contributed by atoms with Crippen molar-refractivity contribution in [1.29, 1.82) is 0 Å². The van der Waals surface area contributed by atoms with Crippen LogP contribution in [0.5, 0.6) is 0 Å². The smallest absolute Gasteiger partial charge is 0.189 e. The van der Waals surface area contributed by atoms with Crippen LogP contribution in [-0.2, 0) is 11.8 Å². The number of carbonyl (C=O) groups excluding carboxylic acids is 1. The minimum absolute atomic E-state index is 0.0863. The molecule has 3 aromatic rings. The number of imidazole rings is 1. The van der Waals surface area contributed by atoms with Crippen LogP contribution in [0.3, 0.4) is 0 Å². The van der Waals surface area contributed by atoms with Crippen LogP contribution >= 0.6 is 0 Å². The second-order valence-corrected chi connectivity index (χ2v) is 6.78. The molecule has 2 aromatic carbocycles. The van der Waals surface area contributed by atoms with Gasteiger partial charge >= 0.3 is 0 Å². The summed E-state index contributed by atoms with van der Waals surface area (Å²) in [5.41, 5.74) is 1.49. The van der Waals surface area contributed by atoms with Gasteiger partial charge in [-0.05, 0) is 5.92 Å². The molecule has 27 heavy (non-hydrogen) atoms. The van der Waals surface area contributed by atoms with Crippen LogP contribution in [0.4, 0.5) is 0 Å². The van der Waals surface area contributed by atoms with Crippen molar-refractivity contribution in [1.82, 2.24) is 9.55 Å². The Morgan fingerprint density at radius 3 is 2.11 bits per heavy atom. The Balaban J connectivity index is 1.98. The van der Waals surface area contributed by atoms with Gasteiger partial charge in [-0.1, -0.05) is 74.5 Å². The summed E-state index contributed by atoms with van der Waals surface area (Å²) in [4.78, 5) is 17.2. The van der Waals surface area contributed by atoms with Crippen LogP contribution in [-0.4, -0.2) is 15.3 Å². The number of ketones is 1. The molecule has 1 atom stereocenters. The molecule has 0 spiro atoms. The van der Waals surface area contributed by atoms with Gasteiger partial charge in [0, 0.05) is 36.6 Å². The normalized spacial score (nSPS) is 12.8. The second kappa shape index (κ2) is 8.49. The number of nitrogens with zero attached hydrogens (tertiary/aromatic N) is 2. The van der Waals surface area contributed by atoms with E-state index in [0.717, 1.165) is 11.4 Å². The fraction of sp³-hybridized carbons (Fsp3) is 0.217. The van der Waals surface area contributed by atoms with E-state index in [1.165, 1.54) is 0 Å². The number of rotatable bonds is 7. The average molecular weight is 360 g/mol. The summed E-state index contributed by atoms with van der Waals surface area (Å²) in [5, 5.41) is 0. The molecule has 4 heteroatoms. The van der Waals surface area contributed by atoms with Gasteiger partial charge in [0.2, 0.25) is 0 Å². The van der Waals surface area contributed by atoms with Gasteiger partial charge < -0.3 is 9.30 Å². The molecule has 0 N–H and O–H groups in total. The highest BCUT2D eigenvalue weighted by Crippen LogP contribution is 2.31. The molecule has 138 valence electrons. The highest BCUT2D eigenvalue weighted by atomic mass is 16.5. The SMILES string of the molecule is CC(C)C(OC(=CC(=O)c1ccccc1)c1ccccc1)c1nccn1C. The topological polar surface area (TPSA) is 44.1 Å². The summed E-state index contributed by atoms with van der Waals surface area (Å²) in [6.07, 6.45) is 4.97. The largest absolute Gasteiger partial charge is 0.481 e. The monoisotopic (exact) mass is 360 g/mol. The van der Waals surface area contributed by atoms with Gasteiger partial charge in [-0.15, -0.1) is 0 Å². The molecule has 0 radical (unpaired) electrons. The zero-order valence-corrected chi connectivity index (χ0v) is 15.9. The first-order valence-electron chi connectivity index (χ1n) is 9.06. The van der Waals surface area contributed by atoms with Crippen LogP contribution in [0.2, 0.25) is 0 Å². The number of hydrogen-bond donors (Lipinski definition) is 0. The lowest BCUT2D eigenvalue weighted by atomic mass is 10.0. The number of ether oxygens (including phenoxy) is 1. The average Bonchev–Trinajstić information content (AvgIpc) is 3.11. The number of allylic oxidation sites excluding steroid dienone is 1. The zero-order valence-electron chi connectivity index (χ0n) is 15.9. The van der Waals surface area contributed by atoms with E-state index in [0.29, 0.717) is 11.3 Å². The van der Waals surface area contributed by atoms with Crippen molar-refractivity contribution in [3.63, 3.8) is 0 Å². The van der Waals surface area contributed by atoms with E-state index in [-0.39, 0.29) is 17.8 Å². The molecule has 4 nitrogen and oxygen atoms in total. The molecule has 0 bridgehead atoms. The van der Waals surface area contributed by atoms with E-state index in [9.17, 15) is 4.79 Å². The Bertz CT molecular complexity index is 912. The van der Waals surface area contributed by atoms with E-state index in [4.69, 9.17) is 4.74 Å². The Morgan fingerprint density at radius 2 is 1.59 bits per heavy atom. The molecule has 1 aromatic heterocycles. The molecule has 0 aliphatic rings. The van der Waals surface area contributed by atoms with Crippen molar-refractivity contribution >= 4 is 11.5 Å². The van der Waals surface area contributed by atoms with Crippen molar-refractivity contribution in [2.75, 3.05) is 0 Å². The van der Waals surface area contributed by atoms with Crippen molar-refractivity contribution in [2.24, 2.45) is 13.0 Å². The maximum absolute atomic E-state index is 12.8. The molecule has 0 saturated heterocycles. The van der Waals surface area contributed by atoms with E-state index >= 15 is 0 Å². The van der Waals surface area contributed by atoms with E-state index < -0.39 is 0 Å².